The Morgan fingerprint density at radius 3 is 2.38 bits per heavy atom. The molecule has 3 N–H and O–H groups in total. The van der Waals surface area contributed by atoms with Crippen molar-refractivity contribution in [2.45, 2.75) is 31.0 Å². The van der Waals surface area contributed by atoms with E-state index < -0.39 is 17.2 Å². The summed E-state index contributed by atoms with van der Waals surface area (Å²) in [5, 5.41) is 2.85. The van der Waals surface area contributed by atoms with E-state index in [9.17, 15) is 18.0 Å². The first-order valence-corrected chi connectivity index (χ1v) is 7.72. The van der Waals surface area contributed by atoms with Crippen LogP contribution in [0, 0.1) is 0 Å². The summed E-state index contributed by atoms with van der Waals surface area (Å²) in [6.07, 6.45) is -2.79. The quantitative estimate of drug-likeness (QED) is 0.878. The van der Waals surface area contributed by atoms with Crippen LogP contribution in [-0.4, -0.2) is 5.91 Å². The lowest BCUT2D eigenvalue weighted by atomic mass is 9.93. The number of amides is 1. The summed E-state index contributed by atoms with van der Waals surface area (Å²) in [7, 11) is 0. The zero-order valence-electron chi connectivity index (χ0n) is 12.7. The highest BCUT2D eigenvalue weighted by Crippen LogP contribution is 2.55. The number of halogens is 3. The van der Waals surface area contributed by atoms with Crippen LogP contribution in [-0.2, 0) is 22.9 Å². The number of fused-ring (bicyclic) bond motifs is 2. The van der Waals surface area contributed by atoms with E-state index in [2.05, 4.69) is 5.32 Å². The van der Waals surface area contributed by atoms with Gasteiger partial charge in [0.25, 0.3) is 0 Å². The number of alkyl halides is 3. The Morgan fingerprint density at radius 2 is 1.75 bits per heavy atom. The van der Waals surface area contributed by atoms with Gasteiger partial charge in [-0.3, -0.25) is 4.79 Å². The van der Waals surface area contributed by atoms with Crippen LogP contribution in [0.2, 0.25) is 0 Å². The number of hydrogen-bond acceptors (Lipinski definition) is 2. The fraction of sp³-hybridized carbons (Fsp3) is 0.278. The third kappa shape index (κ3) is 2.13. The van der Waals surface area contributed by atoms with Crippen molar-refractivity contribution in [1.82, 2.24) is 0 Å². The van der Waals surface area contributed by atoms with Crippen molar-refractivity contribution in [2.75, 3.05) is 5.32 Å². The maximum absolute atomic E-state index is 13.2. The molecule has 1 saturated carbocycles. The van der Waals surface area contributed by atoms with Gasteiger partial charge < -0.3 is 11.1 Å². The highest BCUT2D eigenvalue weighted by molar-refractivity contribution is 6.08. The SMILES string of the molecule is NCc1ccc(-c2ccc3c(c2)NC(=O)C32CC2)cc1C(F)(F)F. The maximum atomic E-state index is 13.2. The molecule has 1 aliphatic heterocycles. The molecule has 0 saturated heterocycles. The molecule has 0 atom stereocenters. The molecule has 0 unspecified atom stereocenters. The summed E-state index contributed by atoms with van der Waals surface area (Å²) in [6.45, 7) is -0.169. The predicted octanol–water partition coefficient (Wildman–Crippen LogP) is 3.81. The van der Waals surface area contributed by atoms with Crippen LogP contribution in [0.25, 0.3) is 11.1 Å². The van der Waals surface area contributed by atoms with Crippen LogP contribution in [0.15, 0.2) is 36.4 Å². The monoisotopic (exact) mass is 332 g/mol. The van der Waals surface area contributed by atoms with Crippen molar-refractivity contribution in [2.24, 2.45) is 5.73 Å². The van der Waals surface area contributed by atoms with E-state index in [0.717, 1.165) is 24.5 Å². The van der Waals surface area contributed by atoms with Gasteiger partial charge in [0.2, 0.25) is 5.91 Å². The lowest BCUT2D eigenvalue weighted by Crippen LogP contribution is -2.18. The number of hydrogen-bond donors (Lipinski definition) is 2. The summed E-state index contributed by atoms with van der Waals surface area (Å²) in [5.74, 6) is -0.0101. The molecule has 6 heteroatoms. The maximum Gasteiger partial charge on any atom is 0.416 e. The molecule has 2 aromatic carbocycles. The summed E-state index contributed by atoms with van der Waals surface area (Å²) in [6, 6.07) is 9.52. The molecule has 2 aliphatic rings. The molecule has 24 heavy (non-hydrogen) atoms. The van der Waals surface area contributed by atoms with E-state index in [4.69, 9.17) is 5.73 Å². The molecule has 1 spiro atoms. The van der Waals surface area contributed by atoms with Crippen LogP contribution < -0.4 is 11.1 Å². The Morgan fingerprint density at radius 1 is 1.08 bits per heavy atom. The molecule has 0 bridgehead atoms. The minimum Gasteiger partial charge on any atom is -0.326 e. The van der Waals surface area contributed by atoms with Crippen molar-refractivity contribution in [3.8, 4) is 11.1 Å². The second kappa shape index (κ2) is 4.83. The molecular formula is C18H15F3N2O. The third-order valence-corrected chi connectivity index (χ3v) is 4.94. The Hall–Kier alpha value is -2.34. The van der Waals surface area contributed by atoms with Crippen molar-refractivity contribution < 1.29 is 18.0 Å². The fourth-order valence-corrected chi connectivity index (χ4v) is 3.43. The van der Waals surface area contributed by atoms with Gasteiger partial charge in [-0.2, -0.15) is 13.2 Å². The predicted molar refractivity (Wildman–Crippen MR) is 84.3 cm³/mol. The van der Waals surface area contributed by atoms with E-state index in [0.29, 0.717) is 16.8 Å². The van der Waals surface area contributed by atoms with Gasteiger partial charge in [-0.25, -0.2) is 0 Å². The minimum absolute atomic E-state index is 0.0101. The lowest BCUT2D eigenvalue weighted by Gasteiger charge is -2.14. The van der Waals surface area contributed by atoms with E-state index in [1.807, 2.05) is 6.07 Å². The number of nitrogens with two attached hydrogens (primary N) is 1. The largest absolute Gasteiger partial charge is 0.416 e. The highest BCUT2D eigenvalue weighted by atomic mass is 19.4. The van der Waals surface area contributed by atoms with Crippen LogP contribution in [0.4, 0.5) is 18.9 Å². The summed E-state index contributed by atoms with van der Waals surface area (Å²) >= 11 is 0. The Kier molecular flexibility index (Phi) is 3.06. The van der Waals surface area contributed by atoms with Crippen LogP contribution in [0.3, 0.4) is 0 Å². The van der Waals surface area contributed by atoms with Gasteiger partial charge >= 0.3 is 6.18 Å². The molecule has 124 valence electrons. The average Bonchev–Trinajstić information content (AvgIpc) is 3.29. The number of rotatable bonds is 2. The van der Waals surface area contributed by atoms with Gasteiger partial charge in [-0.15, -0.1) is 0 Å². The minimum atomic E-state index is -4.45. The zero-order valence-corrected chi connectivity index (χ0v) is 12.7. The Bertz CT molecular complexity index is 854. The summed E-state index contributed by atoms with van der Waals surface area (Å²) in [4.78, 5) is 12.1. The van der Waals surface area contributed by atoms with Gasteiger partial charge in [0, 0.05) is 12.2 Å². The van der Waals surface area contributed by atoms with Crippen molar-refractivity contribution in [3.63, 3.8) is 0 Å². The molecule has 4 rings (SSSR count). The molecule has 1 amide bonds. The number of nitrogens with one attached hydrogen (secondary N) is 1. The summed E-state index contributed by atoms with van der Waals surface area (Å²) in [5.41, 5.74) is 7.11. The van der Waals surface area contributed by atoms with Crippen LogP contribution in [0.1, 0.15) is 29.5 Å². The van der Waals surface area contributed by atoms with Crippen LogP contribution in [0.5, 0.6) is 0 Å². The first-order chi connectivity index (χ1) is 11.3. The normalized spacial score (nSPS) is 17.8. The van der Waals surface area contributed by atoms with E-state index >= 15 is 0 Å². The topological polar surface area (TPSA) is 55.1 Å². The van der Waals surface area contributed by atoms with Gasteiger partial charge in [0.05, 0.1) is 11.0 Å². The number of carbonyl (C=O) groups excluding carboxylic acids is 1. The van der Waals surface area contributed by atoms with E-state index in [1.54, 1.807) is 18.2 Å². The molecule has 1 heterocycles. The third-order valence-electron chi connectivity index (χ3n) is 4.94. The van der Waals surface area contributed by atoms with Gasteiger partial charge in [0.15, 0.2) is 0 Å². The number of benzene rings is 2. The molecule has 0 aromatic heterocycles. The fourth-order valence-electron chi connectivity index (χ4n) is 3.43. The average molecular weight is 332 g/mol. The molecule has 3 nitrogen and oxygen atoms in total. The standard InChI is InChI=1S/C18H15F3N2O/c19-18(20,21)14-7-10(1-2-12(14)9-22)11-3-4-13-15(8-11)23-16(24)17(13)5-6-17/h1-4,7-8H,5-6,9,22H2,(H,23,24). The first kappa shape index (κ1) is 15.2. The number of anilines is 1. The van der Waals surface area contributed by atoms with Gasteiger partial charge in [0.1, 0.15) is 0 Å². The second-order valence-corrected chi connectivity index (χ2v) is 6.37. The molecule has 1 aliphatic carbocycles. The van der Waals surface area contributed by atoms with Crippen molar-refractivity contribution >= 4 is 11.6 Å². The smallest absolute Gasteiger partial charge is 0.326 e. The molecule has 1 fully saturated rings. The highest BCUT2D eigenvalue weighted by Gasteiger charge is 2.56. The van der Waals surface area contributed by atoms with E-state index in [1.165, 1.54) is 6.07 Å². The first-order valence-electron chi connectivity index (χ1n) is 7.72. The van der Waals surface area contributed by atoms with Crippen molar-refractivity contribution in [1.29, 1.82) is 0 Å². The second-order valence-electron chi connectivity index (χ2n) is 6.37. The Balaban J connectivity index is 1.78. The van der Waals surface area contributed by atoms with Gasteiger partial charge in [-0.05, 0) is 47.2 Å². The number of carbonyl (C=O) groups is 1. The van der Waals surface area contributed by atoms with Crippen LogP contribution >= 0.6 is 0 Å². The molecule has 0 radical (unpaired) electrons. The molecule has 2 aromatic rings. The molecular weight excluding hydrogens is 317 g/mol. The summed E-state index contributed by atoms with van der Waals surface area (Å²) < 4.78 is 39.6. The van der Waals surface area contributed by atoms with Gasteiger partial charge in [-0.1, -0.05) is 24.3 Å². The van der Waals surface area contributed by atoms with Crippen molar-refractivity contribution in [3.05, 3.63) is 53.1 Å². The van der Waals surface area contributed by atoms with E-state index in [-0.39, 0.29) is 18.0 Å². The zero-order chi connectivity index (χ0) is 17.1. The lowest BCUT2D eigenvalue weighted by molar-refractivity contribution is -0.138. The Labute approximate surface area is 136 Å².